The first-order valence-corrected chi connectivity index (χ1v) is 5.53. The Hall–Kier alpha value is -1.03. The molecule has 0 spiro atoms. The van der Waals surface area contributed by atoms with Gasteiger partial charge in [-0.25, -0.2) is 4.98 Å². The van der Waals surface area contributed by atoms with Crippen molar-refractivity contribution in [2.24, 2.45) is 0 Å². The highest BCUT2D eigenvalue weighted by atomic mass is 35.5. The fraction of sp³-hybridized carbons (Fsp3) is 0.600. The number of ether oxygens (including phenoxy) is 1. The highest BCUT2D eigenvalue weighted by Crippen LogP contribution is 2.11. The van der Waals surface area contributed by atoms with Crippen molar-refractivity contribution in [3.63, 3.8) is 0 Å². The molecule has 84 valence electrons. The van der Waals surface area contributed by atoms with Gasteiger partial charge >= 0.3 is 0 Å². The van der Waals surface area contributed by atoms with Gasteiger partial charge in [0.15, 0.2) is 0 Å². The summed E-state index contributed by atoms with van der Waals surface area (Å²) < 4.78 is 5.01. The van der Waals surface area contributed by atoms with Gasteiger partial charge in [0, 0.05) is 24.2 Å². The standard InChI is InChI=1S/C10H16ClN3O/c1-3-8(4-6-11)13-10-12-7-5-9(14-10)15-2/h5,7-8H,3-4,6H2,1-2H3,(H,12,13,14). The maximum Gasteiger partial charge on any atom is 0.226 e. The van der Waals surface area contributed by atoms with Gasteiger partial charge < -0.3 is 10.1 Å². The Morgan fingerprint density at radius 3 is 3.00 bits per heavy atom. The minimum Gasteiger partial charge on any atom is -0.481 e. The predicted molar refractivity (Wildman–Crippen MR) is 61.6 cm³/mol. The average Bonchev–Trinajstić information content (AvgIpc) is 2.29. The fourth-order valence-corrected chi connectivity index (χ4v) is 1.48. The molecule has 0 aliphatic carbocycles. The first kappa shape index (κ1) is 12.0. The number of hydrogen-bond donors (Lipinski definition) is 1. The summed E-state index contributed by atoms with van der Waals surface area (Å²) in [4.78, 5) is 8.29. The maximum absolute atomic E-state index is 5.69. The van der Waals surface area contributed by atoms with Gasteiger partial charge in [-0.1, -0.05) is 6.92 Å². The smallest absolute Gasteiger partial charge is 0.226 e. The van der Waals surface area contributed by atoms with E-state index in [4.69, 9.17) is 16.3 Å². The normalized spacial score (nSPS) is 12.2. The Morgan fingerprint density at radius 2 is 2.40 bits per heavy atom. The zero-order valence-electron chi connectivity index (χ0n) is 9.03. The minimum atomic E-state index is 0.314. The molecule has 1 aromatic rings. The van der Waals surface area contributed by atoms with Crippen LogP contribution in [0.1, 0.15) is 19.8 Å². The van der Waals surface area contributed by atoms with Crippen LogP contribution in [0, 0.1) is 0 Å². The van der Waals surface area contributed by atoms with Gasteiger partial charge in [-0.2, -0.15) is 4.98 Å². The summed E-state index contributed by atoms with van der Waals surface area (Å²) in [6.07, 6.45) is 3.56. The summed E-state index contributed by atoms with van der Waals surface area (Å²) in [5, 5.41) is 3.22. The number of halogens is 1. The van der Waals surface area contributed by atoms with Crippen LogP contribution in [0.5, 0.6) is 5.88 Å². The molecule has 1 unspecified atom stereocenters. The number of aromatic nitrogens is 2. The second-order valence-electron chi connectivity index (χ2n) is 3.15. The van der Waals surface area contributed by atoms with Gasteiger partial charge in [0.1, 0.15) is 0 Å². The summed E-state index contributed by atoms with van der Waals surface area (Å²) >= 11 is 5.69. The molecule has 0 saturated carbocycles. The number of nitrogens with zero attached hydrogens (tertiary/aromatic N) is 2. The van der Waals surface area contributed by atoms with Crippen LogP contribution < -0.4 is 10.1 Å². The topological polar surface area (TPSA) is 47.0 Å². The Kier molecular flexibility index (Phi) is 5.18. The SMILES string of the molecule is CCC(CCCl)Nc1nccc(OC)n1. The van der Waals surface area contributed by atoms with E-state index in [1.165, 1.54) is 0 Å². The van der Waals surface area contributed by atoms with E-state index in [1.54, 1.807) is 19.4 Å². The number of hydrogen-bond acceptors (Lipinski definition) is 4. The molecule has 1 atom stereocenters. The van der Waals surface area contributed by atoms with Gasteiger partial charge in [-0.15, -0.1) is 11.6 Å². The third-order valence-electron chi connectivity index (χ3n) is 2.12. The molecule has 0 aliphatic rings. The van der Waals surface area contributed by atoms with Crippen molar-refractivity contribution < 1.29 is 4.74 Å². The van der Waals surface area contributed by atoms with E-state index in [-0.39, 0.29) is 0 Å². The van der Waals surface area contributed by atoms with Gasteiger partial charge in [0.2, 0.25) is 11.8 Å². The van der Waals surface area contributed by atoms with E-state index in [0.29, 0.717) is 23.8 Å². The number of nitrogens with one attached hydrogen (secondary N) is 1. The predicted octanol–water partition coefficient (Wildman–Crippen LogP) is 2.30. The van der Waals surface area contributed by atoms with Crippen LogP contribution in [0.25, 0.3) is 0 Å². The molecule has 0 radical (unpaired) electrons. The van der Waals surface area contributed by atoms with Gasteiger partial charge in [0.25, 0.3) is 0 Å². The molecular formula is C10H16ClN3O. The molecule has 1 aromatic heterocycles. The zero-order chi connectivity index (χ0) is 11.1. The first-order chi connectivity index (χ1) is 7.30. The van der Waals surface area contributed by atoms with Crippen LogP contribution in [-0.4, -0.2) is 29.0 Å². The summed E-state index contributed by atoms with van der Waals surface area (Å²) in [6.45, 7) is 2.10. The lowest BCUT2D eigenvalue weighted by Gasteiger charge is -2.15. The molecule has 5 heteroatoms. The molecule has 1 rings (SSSR count). The quantitative estimate of drug-likeness (QED) is 0.761. The van der Waals surface area contributed by atoms with E-state index >= 15 is 0 Å². The molecule has 1 N–H and O–H groups in total. The van der Waals surface area contributed by atoms with Crippen LogP contribution in [-0.2, 0) is 0 Å². The van der Waals surface area contributed by atoms with Crippen LogP contribution in [0.3, 0.4) is 0 Å². The Morgan fingerprint density at radius 1 is 1.60 bits per heavy atom. The highest BCUT2D eigenvalue weighted by molar-refractivity contribution is 6.17. The lowest BCUT2D eigenvalue weighted by molar-refractivity contribution is 0.397. The van der Waals surface area contributed by atoms with Crippen molar-refractivity contribution in [1.29, 1.82) is 0 Å². The number of anilines is 1. The highest BCUT2D eigenvalue weighted by Gasteiger charge is 2.07. The molecule has 4 nitrogen and oxygen atoms in total. The van der Waals surface area contributed by atoms with E-state index in [2.05, 4.69) is 22.2 Å². The molecule has 0 saturated heterocycles. The number of rotatable bonds is 6. The van der Waals surface area contributed by atoms with Crippen molar-refractivity contribution in [3.05, 3.63) is 12.3 Å². The zero-order valence-corrected chi connectivity index (χ0v) is 9.79. The minimum absolute atomic E-state index is 0.314. The van der Waals surface area contributed by atoms with Crippen molar-refractivity contribution in [2.45, 2.75) is 25.8 Å². The van der Waals surface area contributed by atoms with Crippen molar-refractivity contribution >= 4 is 17.5 Å². The second kappa shape index (κ2) is 6.45. The van der Waals surface area contributed by atoms with Crippen molar-refractivity contribution in [3.8, 4) is 5.88 Å². The number of alkyl halides is 1. The summed E-state index contributed by atoms with van der Waals surface area (Å²) in [7, 11) is 1.59. The van der Waals surface area contributed by atoms with E-state index in [1.807, 2.05) is 0 Å². The lowest BCUT2D eigenvalue weighted by Crippen LogP contribution is -2.20. The maximum atomic E-state index is 5.69. The van der Waals surface area contributed by atoms with Crippen molar-refractivity contribution in [2.75, 3.05) is 18.3 Å². The molecule has 0 aliphatic heterocycles. The Balaban J connectivity index is 2.61. The third kappa shape index (κ3) is 3.91. The van der Waals surface area contributed by atoms with Gasteiger partial charge in [-0.3, -0.25) is 0 Å². The monoisotopic (exact) mass is 229 g/mol. The van der Waals surface area contributed by atoms with Crippen LogP contribution in [0.2, 0.25) is 0 Å². The first-order valence-electron chi connectivity index (χ1n) is 4.99. The van der Waals surface area contributed by atoms with Crippen molar-refractivity contribution in [1.82, 2.24) is 9.97 Å². The van der Waals surface area contributed by atoms with Gasteiger partial charge in [-0.05, 0) is 12.8 Å². The Labute approximate surface area is 95.0 Å². The molecule has 0 fully saturated rings. The molecular weight excluding hydrogens is 214 g/mol. The molecule has 0 amide bonds. The van der Waals surface area contributed by atoms with Crippen LogP contribution in [0.15, 0.2) is 12.3 Å². The molecule has 0 bridgehead atoms. The van der Waals surface area contributed by atoms with Crippen LogP contribution in [0.4, 0.5) is 5.95 Å². The molecule has 1 heterocycles. The van der Waals surface area contributed by atoms with E-state index in [9.17, 15) is 0 Å². The fourth-order valence-electron chi connectivity index (χ4n) is 1.22. The van der Waals surface area contributed by atoms with E-state index < -0.39 is 0 Å². The second-order valence-corrected chi connectivity index (χ2v) is 3.53. The largest absolute Gasteiger partial charge is 0.481 e. The average molecular weight is 230 g/mol. The number of methoxy groups -OCH3 is 1. The summed E-state index contributed by atoms with van der Waals surface area (Å²) in [6, 6.07) is 2.03. The van der Waals surface area contributed by atoms with E-state index in [0.717, 1.165) is 12.8 Å². The molecule has 0 aromatic carbocycles. The summed E-state index contributed by atoms with van der Waals surface area (Å²) in [5.41, 5.74) is 0. The Bertz CT molecular complexity index is 296. The van der Waals surface area contributed by atoms with Crippen LogP contribution >= 0.6 is 11.6 Å². The summed E-state index contributed by atoms with van der Waals surface area (Å²) in [5.74, 6) is 1.79. The lowest BCUT2D eigenvalue weighted by atomic mass is 10.2. The molecule has 15 heavy (non-hydrogen) atoms. The van der Waals surface area contributed by atoms with Gasteiger partial charge in [0.05, 0.1) is 7.11 Å². The third-order valence-corrected chi connectivity index (χ3v) is 2.34.